The molecule has 1 rings (SSSR count). The molecule has 18 heavy (non-hydrogen) atoms. The van der Waals surface area contributed by atoms with Crippen molar-refractivity contribution < 1.29 is 8.42 Å². The van der Waals surface area contributed by atoms with Crippen LogP contribution in [0.4, 0.5) is 0 Å². The van der Waals surface area contributed by atoms with E-state index in [9.17, 15) is 8.42 Å². The Bertz CT molecular complexity index is 454. The van der Waals surface area contributed by atoms with Gasteiger partial charge in [0.05, 0.1) is 4.90 Å². The summed E-state index contributed by atoms with van der Waals surface area (Å²) in [5.74, 6) is 0.439. The highest BCUT2D eigenvalue weighted by Crippen LogP contribution is 2.10. The molecular weight excluding hydrogens is 248 g/mol. The predicted molar refractivity (Wildman–Crippen MR) is 73.8 cm³/mol. The molecule has 0 aromatic heterocycles. The first-order valence-electron chi connectivity index (χ1n) is 6.22. The van der Waals surface area contributed by atoms with Crippen molar-refractivity contribution in [2.24, 2.45) is 11.7 Å². The van der Waals surface area contributed by atoms with Crippen LogP contribution in [-0.4, -0.2) is 21.5 Å². The Hall–Kier alpha value is -0.910. The first kappa shape index (κ1) is 15.1. The Balaban J connectivity index is 2.48. The molecular formula is C13H22N2O2S. The summed E-state index contributed by atoms with van der Waals surface area (Å²) in [6.45, 7) is 5.10. The number of hydrogen-bond acceptors (Lipinski definition) is 3. The molecule has 0 aliphatic carbocycles. The molecule has 0 radical (unpaired) electrons. The van der Waals surface area contributed by atoms with Crippen LogP contribution in [0, 0.1) is 12.8 Å². The van der Waals surface area contributed by atoms with E-state index >= 15 is 0 Å². The third kappa shape index (κ3) is 4.76. The zero-order chi connectivity index (χ0) is 13.6. The summed E-state index contributed by atoms with van der Waals surface area (Å²) in [5.41, 5.74) is 6.55. The van der Waals surface area contributed by atoms with Crippen molar-refractivity contribution in [2.75, 3.05) is 13.1 Å². The lowest BCUT2D eigenvalue weighted by atomic mass is 10.1. The van der Waals surface area contributed by atoms with Gasteiger partial charge in [0, 0.05) is 6.54 Å². The number of nitrogens with one attached hydrogen (secondary N) is 1. The van der Waals surface area contributed by atoms with Crippen LogP contribution in [0.2, 0.25) is 0 Å². The van der Waals surface area contributed by atoms with Gasteiger partial charge in [0.25, 0.3) is 0 Å². The summed E-state index contributed by atoms with van der Waals surface area (Å²) in [4.78, 5) is 0.319. The molecule has 0 saturated heterocycles. The summed E-state index contributed by atoms with van der Waals surface area (Å²) in [6, 6.07) is 6.84. The largest absolute Gasteiger partial charge is 0.330 e. The Morgan fingerprint density at radius 3 is 2.44 bits per heavy atom. The molecule has 0 amide bonds. The molecule has 3 N–H and O–H groups in total. The third-order valence-corrected chi connectivity index (χ3v) is 4.38. The molecule has 0 heterocycles. The average Bonchev–Trinajstić information content (AvgIpc) is 2.35. The van der Waals surface area contributed by atoms with Crippen LogP contribution in [-0.2, 0) is 10.0 Å². The van der Waals surface area contributed by atoms with E-state index in [0.717, 1.165) is 18.4 Å². The fourth-order valence-electron chi connectivity index (χ4n) is 1.58. The van der Waals surface area contributed by atoms with E-state index < -0.39 is 10.0 Å². The lowest BCUT2D eigenvalue weighted by Gasteiger charge is -2.09. The molecule has 0 aliphatic heterocycles. The Labute approximate surface area is 110 Å². The number of aryl methyl sites for hydroxylation is 1. The quantitative estimate of drug-likeness (QED) is 0.740. The van der Waals surface area contributed by atoms with Crippen molar-refractivity contribution in [3.05, 3.63) is 29.8 Å². The van der Waals surface area contributed by atoms with Crippen molar-refractivity contribution >= 4 is 10.0 Å². The van der Waals surface area contributed by atoms with Crippen molar-refractivity contribution in [2.45, 2.75) is 31.6 Å². The van der Waals surface area contributed by atoms with Gasteiger partial charge in [-0.1, -0.05) is 24.6 Å². The topological polar surface area (TPSA) is 72.2 Å². The van der Waals surface area contributed by atoms with E-state index in [2.05, 4.69) is 11.6 Å². The molecule has 4 nitrogen and oxygen atoms in total. The lowest BCUT2D eigenvalue weighted by Crippen LogP contribution is -2.25. The molecule has 1 unspecified atom stereocenters. The second-order valence-electron chi connectivity index (χ2n) is 4.69. The smallest absolute Gasteiger partial charge is 0.240 e. The van der Waals surface area contributed by atoms with E-state index in [1.807, 2.05) is 6.92 Å². The van der Waals surface area contributed by atoms with Gasteiger partial charge in [0.2, 0.25) is 10.0 Å². The zero-order valence-corrected chi connectivity index (χ0v) is 11.8. The minimum Gasteiger partial charge on any atom is -0.330 e. The van der Waals surface area contributed by atoms with Crippen molar-refractivity contribution in [3.8, 4) is 0 Å². The van der Waals surface area contributed by atoms with Crippen molar-refractivity contribution in [1.82, 2.24) is 4.72 Å². The summed E-state index contributed by atoms with van der Waals surface area (Å²) >= 11 is 0. The summed E-state index contributed by atoms with van der Waals surface area (Å²) < 4.78 is 26.4. The molecule has 1 aromatic carbocycles. The Kier molecular flexibility index (Phi) is 5.78. The van der Waals surface area contributed by atoms with Crippen LogP contribution < -0.4 is 10.5 Å². The van der Waals surface area contributed by atoms with Crippen molar-refractivity contribution in [3.63, 3.8) is 0 Å². The highest BCUT2D eigenvalue weighted by molar-refractivity contribution is 7.89. The summed E-state index contributed by atoms with van der Waals surface area (Å²) in [6.07, 6.45) is 1.75. The van der Waals surface area contributed by atoms with Crippen LogP contribution >= 0.6 is 0 Å². The van der Waals surface area contributed by atoms with Crippen LogP contribution in [0.15, 0.2) is 29.2 Å². The van der Waals surface area contributed by atoms with Gasteiger partial charge >= 0.3 is 0 Å². The fraction of sp³-hybridized carbons (Fsp3) is 0.538. The van der Waals surface area contributed by atoms with E-state index in [1.54, 1.807) is 24.3 Å². The van der Waals surface area contributed by atoms with E-state index in [-0.39, 0.29) is 0 Å². The number of hydrogen-bond donors (Lipinski definition) is 2. The molecule has 0 spiro atoms. The third-order valence-electron chi connectivity index (χ3n) is 2.90. The van der Waals surface area contributed by atoms with E-state index in [4.69, 9.17) is 5.73 Å². The molecule has 1 atom stereocenters. The van der Waals surface area contributed by atoms with Gasteiger partial charge in [-0.15, -0.1) is 0 Å². The van der Waals surface area contributed by atoms with Gasteiger partial charge in [0.15, 0.2) is 0 Å². The van der Waals surface area contributed by atoms with Crippen LogP contribution in [0.25, 0.3) is 0 Å². The first-order valence-corrected chi connectivity index (χ1v) is 7.70. The zero-order valence-electron chi connectivity index (χ0n) is 11.0. The van der Waals surface area contributed by atoms with E-state index in [1.165, 1.54) is 0 Å². The van der Waals surface area contributed by atoms with Crippen LogP contribution in [0.3, 0.4) is 0 Å². The summed E-state index contributed by atoms with van der Waals surface area (Å²) in [5, 5.41) is 0. The Morgan fingerprint density at radius 2 is 1.89 bits per heavy atom. The molecule has 0 bridgehead atoms. The monoisotopic (exact) mass is 270 g/mol. The minimum atomic E-state index is -3.36. The molecule has 0 aliphatic rings. The van der Waals surface area contributed by atoms with Gasteiger partial charge < -0.3 is 5.73 Å². The van der Waals surface area contributed by atoms with Gasteiger partial charge in [-0.3, -0.25) is 0 Å². The second-order valence-corrected chi connectivity index (χ2v) is 6.46. The SMILES string of the molecule is Cc1ccc(S(=O)(=O)NCCCC(C)CN)cc1. The van der Waals surface area contributed by atoms with Gasteiger partial charge in [-0.2, -0.15) is 0 Å². The number of benzene rings is 1. The van der Waals surface area contributed by atoms with Gasteiger partial charge in [-0.25, -0.2) is 13.1 Å². The van der Waals surface area contributed by atoms with Crippen molar-refractivity contribution in [1.29, 1.82) is 0 Å². The maximum absolute atomic E-state index is 11.9. The molecule has 0 saturated carbocycles. The molecule has 0 fully saturated rings. The Morgan fingerprint density at radius 1 is 1.28 bits per heavy atom. The number of nitrogens with two attached hydrogens (primary N) is 1. The fourth-order valence-corrected chi connectivity index (χ4v) is 2.65. The molecule has 102 valence electrons. The lowest BCUT2D eigenvalue weighted by molar-refractivity contribution is 0.513. The number of sulfonamides is 1. The minimum absolute atomic E-state index is 0.319. The summed E-state index contributed by atoms with van der Waals surface area (Å²) in [7, 11) is -3.36. The van der Waals surface area contributed by atoms with Gasteiger partial charge in [-0.05, 0) is 44.4 Å². The average molecular weight is 270 g/mol. The number of rotatable bonds is 7. The second kappa shape index (κ2) is 6.87. The first-order chi connectivity index (χ1) is 8.45. The van der Waals surface area contributed by atoms with Crippen LogP contribution in [0.5, 0.6) is 0 Å². The predicted octanol–water partition coefficient (Wildman–Crippen LogP) is 1.65. The standard InChI is InChI=1S/C13H22N2O2S/c1-11-5-7-13(8-6-11)18(16,17)15-9-3-4-12(2)10-14/h5-8,12,15H,3-4,9-10,14H2,1-2H3. The maximum atomic E-state index is 11.9. The molecule has 5 heteroatoms. The highest BCUT2D eigenvalue weighted by atomic mass is 32.2. The molecule has 1 aromatic rings. The van der Waals surface area contributed by atoms with Crippen LogP contribution in [0.1, 0.15) is 25.3 Å². The maximum Gasteiger partial charge on any atom is 0.240 e. The normalized spacial score (nSPS) is 13.5. The van der Waals surface area contributed by atoms with E-state index in [0.29, 0.717) is 23.9 Å². The highest BCUT2D eigenvalue weighted by Gasteiger charge is 2.12. The van der Waals surface area contributed by atoms with Gasteiger partial charge in [0.1, 0.15) is 0 Å².